The second-order valence-corrected chi connectivity index (χ2v) is 3.21. The highest BCUT2D eigenvalue weighted by molar-refractivity contribution is 5.84. The molecule has 82 valence electrons. The quantitative estimate of drug-likeness (QED) is 0.279. The van der Waals surface area contributed by atoms with Crippen molar-refractivity contribution in [3.05, 3.63) is 0 Å². The Bertz CT molecular complexity index is 222. The van der Waals surface area contributed by atoms with Crippen LogP contribution in [0.1, 0.15) is 0 Å². The molecular formula is C7H13NO6. The lowest BCUT2D eigenvalue weighted by atomic mass is 10.0. The van der Waals surface area contributed by atoms with Crippen molar-refractivity contribution >= 4 is 5.91 Å². The van der Waals surface area contributed by atoms with E-state index >= 15 is 0 Å². The minimum atomic E-state index is -1.61. The van der Waals surface area contributed by atoms with Crippen molar-refractivity contribution in [2.75, 3.05) is 6.61 Å². The molecule has 5 atom stereocenters. The predicted molar refractivity (Wildman–Crippen MR) is 43.0 cm³/mol. The van der Waals surface area contributed by atoms with Gasteiger partial charge in [-0.2, -0.15) is 0 Å². The first-order valence-corrected chi connectivity index (χ1v) is 4.12. The molecule has 7 heteroatoms. The monoisotopic (exact) mass is 207 g/mol. The third-order valence-corrected chi connectivity index (χ3v) is 2.22. The molecule has 0 aromatic carbocycles. The van der Waals surface area contributed by atoms with Gasteiger partial charge >= 0.3 is 0 Å². The molecule has 0 aromatic rings. The molecular weight excluding hydrogens is 194 g/mol. The van der Waals surface area contributed by atoms with Crippen LogP contribution in [-0.4, -0.2) is 68.5 Å². The number of aliphatic hydroxyl groups is 5. The highest BCUT2D eigenvalue weighted by atomic mass is 16.4. The summed E-state index contributed by atoms with van der Waals surface area (Å²) in [7, 11) is 0. The van der Waals surface area contributed by atoms with E-state index in [4.69, 9.17) is 15.3 Å². The maximum atomic E-state index is 10.8. The molecule has 0 radical (unpaired) electrons. The zero-order valence-corrected chi connectivity index (χ0v) is 7.24. The van der Waals surface area contributed by atoms with Gasteiger partial charge in [0.15, 0.2) is 6.10 Å². The van der Waals surface area contributed by atoms with Gasteiger partial charge in [-0.05, 0) is 0 Å². The molecule has 0 spiro atoms. The van der Waals surface area contributed by atoms with Gasteiger partial charge in [-0.1, -0.05) is 0 Å². The second-order valence-electron chi connectivity index (χ2n) is 3.21. The molecule has 1 rings (SSSR count). The average Bonchev–Trinajstić information content (AvgIpc) is 2.43. The predicted octanol–water partition coefficient (Wildman–Crippen LogP) is -4.08. The summed E-state index contributed by atoms with van der Waals surface area (Å²) < 4.78 is 0. The van der Waals surface area contributed by atoms with Crippen molar-refractivity contribution in [2.45, 2.75) is 30.5 Å². The molecule has 7 nitrogen and oxygen atoms in total. The van der Waals surface area contributed by atoms with Crippen molar-refractivity contribution in [2.24, 2.45) is 0 Å². The molecule has 0 unspecified atom stereocenters. The Morgan fingerprint density at radius 1 is 1.36 bits per heavy atom. The first-order chi connectivity index (χ1) is 6.49. The zero-order valence-electron chi connectivity index (χ0n) is 7.24. The number of rotatable bonds is 3. The molecule has 6 N–H and O–H groups in total. The Morgan fingerprint density at radius 2 is 1.93 bits per heavy atom. The van der Waals surface area contributed by atoms with Crippen LogP contribution >= 0.6 is 0 Å². The van der Waals surface area contributed by atoms with E-state index in [2.05, 4.69) is 5.32 Å². The molecule has 1 fully saturated rings. The number of carbonyl (C=O) groups is 1. The fraction of sp³-hybridized carbons (Fsp3) is 0.857. The van der Waals surface area contributed by atoms with E-state index in [-0.39, 0.29) is 0 Å². The summed E-state index contributed by atoms with van der Waals surface area (Å²) in [4.78, 5) is 10.8. The van der Waals surface area contributed by atoms with Crippen molar-refractivity contribution < 1.29 is 30.3 Å². The fourth-order valence-corrected chi connectivity index (χ4v) is 1.32. The van der Waals surface area contributed by atoms with Gasteiger partial charge in [0.25, 0.3) is 5.91 Å². The molecule has 0 saturated carbocycles. The molecule has 1 heterocycles. The Morgan fingerprint density at radius 3 is 2.29 bits per heavy atom. The third-order valence-electron chi connectivity index (χ3n) is 2.22. The minimum absolute atomic E-state index is 0.698. The Hall–Kier alpha value is -0.730. The van der Waals surface area contributed by atoms with Gasteiger partial charge in [-0.15, -0.1) is 0 Å². The van der Waals surface area contributed by atoms with Crippen LogP contribution in [0.15, 0.2) is 0 Å². The number of amides is 1. The maximum absolute atomic E-state index is 10.8. The summed E-state index contributed by atoms with van der Waals surface area (Å²) in [6, 6.07) is -1.17. The number of hydrogen-bond donors (Lipinski definition) is 6. The lowest BCUT2D eigenvalue weighted by Gasteiger charge is -2.24. The molecule has 14 heavy (non-hydrogen) atoms. The number of nitrogens with one attached hydrogen (secondary N) is 1. The van der Waals surface area contributed by atoms with E-state index in [1.54, 1.807) is 0 Å². The summed E-state index contributed by atoms with van der Waals surface area (Å²) in [6.45, 7) is -0.698. The van der Waals surface area contributed by atoms with Crippen LogP contribution in [0.2, 0.25) is 0 Å². The normalized spacial score (nSPS) is 36.6. The SMILES string of the molecule is O=C1N[C@H]([C@H](O)[C@H](O)CO)[C@@H](O)[C@H]1O. The molecule has 1 amide bonds. The smallest absolute Gasteiger partial charge is 0.252 e. The van der Waals surface area contributed by atoms with Crippen LogP contribution in [0, 0.1) is 0 Å². The number of carbonyl (C=O) groups excluding carboxylic acids is 1. The fourth-order valence-electron chi connectivity index (χ4n) is 1.32. The summed E-state index contributed by atoms with van der Waals surface area (Å²) in [5.41, 5.74) is 0. The lowest BCUT2D eigenvalue weighted by molar-refractivity contribution is -0.128. The standard InChI is InChI=1S/C7H13NO6/c9-1-2(10)4(11)3-5(12)6(13)7(14)8-3/h2-6,9-13H,1H2,(H,8,14)/t2-,3-,4-,5-,6-/m1/s1. The van der Waals surface area contributed by atoms with Gasteiger partial charge in [0, 0.05) is 0 Å². The number of hydrogen-bond acceptors (Lipinski definition) is 6. The van der Waals surface area contributed by atoms with E-state index in [9.17, 15) is 15.0 Å². The molecule has 0 bridgehead atoms. The van der Waals surface area contributed by atoms with Crippen LogP contribution < -0.4 is 5.32 Å². The highest BCUT2D eigenvalue weighted by Gasteiger charge is 2.45. The van der Waals surface area contributed by atoms with E-state index in [1.807, 2.05) is 0 Å². The topological polar surface area (TPSA) is 130 Å². The zero-order chi connectivity index (χ0) is 10.9. The van der Waals surface area contributed by atoms with Crippen molar-refractivity contribution in [3.63, 3.8) is 0 Å². The Kier molecular flexibility index (Phi) is 3.40. The summed E-state index contributed by atoms with van der Waals surface area (Å²) >= 11 is 0. The lowest BCUT2D eigenvalue weighted by Crippen LogP contribution is -2.50. The molecule has 1 aliphatic heterocycles. The molecule has 0 aromatic heterocycles. The van der Waals surface area contributed by atoms with E-state index < -0.39 is 43.0 Å². The van der Waals surface area contributed by atoms with Crippen molar-refractivity contribution in [3.8, 4) is 0 Å². The maximum Gasteiger partial charge on any atom is 0.252 e. The van der Waals surface area contributed by atoms with Crippen LogP contribution in [0.5, 0.6) is 0 Å². The van der Waals surface area contributed by atoms with Gasteiger partial charge in [-0.25, -0.2) is 0 Å². The first kappa shape index (κ1) is 11.3. The average molecular weight is 207 g/mol. The highest BCUT2D eigenvalue weighted by Crippen LogP contribution is 2.14. The van der Waals surface area contributed by atoms with Gasteiger partial charge in [-0.3, -0.25) is 4.79 Å². The van der Waals surface area contributed by atoms with E-state index in [0.29, 0.717) is 0 Å². The van der Waals surface area contributed by atoms with Gasteiger partial charge in [0.1, 0.15) is 18.3 Å². The van der Waals surface area contributed by atoms with Crippen LogP contribution in [0.25, 0.3) is 0 Å². The first-order valence-electron chi connectivity index (χ1n) is 4.12. The molecule has 1 saturated heterocycles. The van der Waals surface area contributed by atoms with Crippen molar-refractivity contribution in [1.29, 1.82) is 0 Å². The summed E-state index contributed by atoms with van der Waals surface area (Å²) in [5.74, 6) is -0.813. The third kappa shape index (κ3) is 1.86. The summed E-state index contributed by atoms with van der Waals surface area (Å²) in [6.07, 6.45) is -6.09. The van der Waals surface area contributed by atoms with Crippen LogP contribution in [0.3, 0.4) is 0 Å². The molecule has 0 aliphatic carbocycles. The van der Waals surface area contributed by atoms with Crippen LogP contribution in [-0.2, 0) is 4.79 Å². The number of aliphatic hydroxyl groups excluding tert-OH is 5. The Balaban J connectivity index is 2.66. The van der Waals surface area contributed by atoms with E-state index in [1.165, 1.54) is 0 Å². The molecule has 1 aliphatic rings. The van der Waals surface area contributed by atoms with Gasteiger partial charge in [0.05, 0.1) is 12.6 Å². The minimum Gasteiger partial charge on any atom is -0.394 e. The second kappa shape index (κ2) is 4.20. The van der Waals surface area contributed by atoms with Gasteiger partial charge in [0.2, 0.25) is 0 Å². The van der Waals surface area contributed by atoms with Crippen molar-refractivity contribution in [1.82, 2.24) is 5.32 Å². The van der Waals surface area contributed by atoms with Crippen LogP contribution in [0.4, 0.5) is 0 Å². The Labute approximate surface area is 79.6 Å². The largest absolute Gasteiger partial charge is 0.394 e. The van der Waals surface area contributed by atoms with E-state index in [0.717, 1.165) is 0 Å². The van der Waals surface area contributed by atoms with Gasteiger partial charge < -0.3 is 30.8 Å². The summed E-state index contributed by atoms with van der Waals surface area (Å²) in [5, 5.41) is 47.3.